The molecule has 1 aromatic rings. The third kappa shape index (κ3) is 4.53. The second-order valence-electron chi connectivity index (χ2n) is 5.70. The van der Waals surface area contributed by atoms with Gasteiger partial charge in [-0.3, -0.25) is 4.99 Å². The maximum Gasteiger partial charge on any atom is 0.193 e. The average molecular weight is 275 g/mol. The predicted octanol–water partition coefficient (Wildman–Crippen LogP) is 2.57. The lowest BCUT2D eigenvalue weighted by molar-refractivity contribution is 0.117. The minimum Gasteiger partial charge on any atom is -0.379 e. The highest BCUT2D eigenvalue weighted by atomic mass is 16.5. The minimum atomic E-state index is 0.455. The summed E-state index contributed by atoms with van der Waals surface area (Å²) in [7, 11) is 0. The molecule has 20 heavy (non-hydrogen) atoms. The molecule has 0 heterocycles. The molecule has 0 unspecified atom stereocenters. The van der Waals surface area contributed by atoms with E-state index in [2.05, 4.69) is 42.4 Å². The predicted molar refractivity (Wildman–Crippen MR) is 84.2 cm³/mol. The van der Waals surface area contributed by atoms with Gasteiger partial charge in [-0.15, -0.1) is 0 Å². The fraction of sp³-hybridized carbons (Fsp3) is 0.562. The number of aryl methyl sites for hydroxylation is 2. The van der Waals surface area contributed by atoms with Crippen LogP contribution in [0.4, 0.5) is 5.69 Å². The van der Waals surface area contributed by atoms with Gasteiger partial charge in [0.05, 0.1) is 13.2 Å². The van der Waals surface area contributed by atoms with Crippen molar-refractivity contribution >= 4 is 11.6 Å². The van der Waals surface area contributed by atoms with E-state index < -0.39 is 0 Å². The number of benzene rings is 1. The van der Waals surface area contributed by atoms with Crippen molar-refractivity contribution in [2.24, 2.45) is 16.6 Å². The lowest BCUT2D eigenvalue weighted by Crippen LogP contribution is -2.23. The Balaban J connectivity index is 1.77. The van der Waals surface area contributed by atoms with Crippen molar-refractivity contribution in [3.8, 4) is 0 Å². The maximum absolute atomic E-state index is 5.88. The van der Waals surface area contributed by atoms with E-state index in [-0.39, 0.29) is 0 Å². The average Bonchev–Trinajstić information content (AvgIpc) is 2.85. The van der Waals surface area contributed by atoms with Crippen molar-refractivity contribution in [2.75, 3.05) is 25.1 Å². The Labute approximate surface area is 121 Å². The molecule has 0 aliphatic heterocycles. The van der Waals surface area contributed by atoms with Gasteiger partial charge in [-0.05, 0) is 48.4 Å². The topological polar surface area (TPSA) is 59.6 Å². The second-order valence-corrected chi connectivity index (χ2v) is 5.70. The normalized spacial score (nSPS) is 14.7. The van der Waals surface area contributed by atoms with Gasteiger partial charge in [0.1, 0.15) is 0 Å². The van der Waals surface area contributed by atoms with Gasteiger partial charge in [-0.2, -0.15) is 0 Å². The second kappa shape index (κ2) is 7.29. The van der Waals surface area contributed by atoms with Crippen LogP contribution in [0.25, 0.3) is 0 Å². The van der Waals surface area contributed by atoms with Gasteiger partial charge < -0.3 is 15.8 Å². The van der Waals surface area contributed by atoms with Gasteiger partial charge in [0.15, 0.2) is 5.96 Å². The van der Waals surface area contributed by atoms with E-state index in [0.717, 1.165) is 12.3 Å². The largest absolute Gasteiger partial charge is 0.379 e. The van der Waals surface area contributed by atoms with E-state index in [0.29, 0.717) is 25.0 Å². The van der Waals surface area contributed by atoms with E-state index in [1.54, 1.807) is 0 Å². The van der Waals surface area contributed by atoms with E-state index >= 15 is 0 Å². The Morgan fingerprint density at radius 1 is 1.35 bits per heavy atom. The zero-order valence-corrected chi connectivity index (χ0v) is 12.5. The molecule has 4 heteroatoms. The van der Waals surface area contributed by atoms with Crippen molar-refractivity contribution < 1.29 is 4.74 Å². The van der Waals surface area contributed by atoms with Crippen molar-refractivity contribution in [3.05, 3.63) is 29.3 Å². The van der Waals surface area contributed by atoms with Crippen LogP contribution in [0.1, 0.15) is 31.4 Å². The van der Waals surface area contributed by atoms with Crippen LogP contribution in [-0.4, -0.2) is 25.7 Å². The van der Waals surface area contributed by atoms with Crippen molar-refractivity contribution in [3.63, 3.8) is 0 Å². The Bertz CT molecular complexity index is 469. The smallest absolute Gasteiger partial charge is 0.193 e. The molecule has 110 valence electrons. The van der Waals surface area contributed by atoms with Gasteiger partial charge in [0.2, 0.25) is 0 Å². The SMILES string of the molecule is CC(C)COCCN=C(N)Nc1ccc2c(c1)CCC2. The van der Waals surface area contributed by atoms with Crippen LogP contribution in [-0.2, 0) is 17.6 Å². The molecule has 4 nitrogen and oxygen atoms in total. The third-order valence-electron chi connectivity index (χ3n) is 3.34. The summed E-state index contributed by atoms with van der Waals surface area (Å²) in [5, 5.41) is 3.14. The Hall–Kier alpha value is -1.55. The van der Waals surface area contributed by atoms with Gasteiger partial charge in [-0.25, -0.2) is 0 Å². The highest BCUT2D eigenvalue weighted by Gasteiger charge is 2.10. The van der Waals surface area contributed by atoms with Crippen LogP contribution in [0, 0.1) is 5.92 Å². The van der Waals surface area contributed by atoms with Crippen LogP contribution < -0.4 is 11.1 Å². The summed E-state index contributed by atoms with van der Waals surface area (Å²) in [5.41, 5.74) is 9.80. The summed E-state index contributed by atoms with van der Waals surface area (Å²) < 4.78 is 5.47. The first-order chi connectivity index (χ1) is 9.65. The molecule has 1 aromatic carbocycles. The third-order valence-corrected chi connectivity index (χ3v) is 3.34. The molecule has 1 aliphatic rings. The number of nitrogens with one attached hydrogen (secondary N) is 1. The Kier molecular flexibility index (Phi) is 5.41. The molecule has 0 amide bonds. The van der Waals surface area contributed by atoms with Gasteiger partial charge in [0, 0.05) is 12.3 Å². The number of aliphatic imine (C=N–C) groups is 1. The molecular formula is C16H25N3O. The van der Waals surface area contributed by atoms with Gasteiger partial charge in [-0.1, -0.05) is 19.9 Å². The molecule has 0 radical (unpaired) electrons. The first-order valence-electron chi connectivity index (χ1n) is 7.41. The van der Waals surface area contributed by atoms with E-state index in [1.807, 2.05) is 0 Å². The molecule has 0 aromatic heterocycles. The summed E-state index contributed by atoms with van der Waals surface area (Å²) in [4.78, 5) is 4.27. The van der Waals surface area contributed by atoms with E-state index in [4.69, 9.17) is 10.5 Å². The highest BCUT2D eigenvalue weighted by molar-refractivity contribution is 5.92. The van der Waals surface area contributed by atoms with Crippen LogP contribution in [0.2, 0.25) is 0 Å². The number of hydrogen-bond donors (Lipinski definition) is 2. The summed E-state index contributed by atoms with van der Waals surface area (Å²) in [6.45, 7) is 6.25. The Morgan fingerprint density at radius 2 is 2.15 bits per heavy atom. The monoisotopic (exact) mass is 275 g/mol. The number of hydrogen-bond acceptors (Lipinski definition) is 2. The lowest BCUT2D eigenvalue weighted by Gasteiger charge is -2.08. The van der Waals surface area contributed by atoms with Crippen LogP contribution in [0.3, 0.4) is 0 Å². The molecule has 2 rings (SSSR count). The van der Waals surface area contributed by atoms with Crippen molar-refractivity contribution in [1.29, 1.82) is 0 Å². The van der Waals surface area contributed by atoms with Gasteiger partial charge >= 0.3 is 0 Å². The molecular weight excluding hydrogens is 250 g/mol. The molecule has 3 N–H and O–H groups in total. The van der Waals surface area contributed by atoms with Crippen LogP contribution in [0.15, 0.2) is 23.2 Å². The summed E-state index contributed by atoms with van der Waals surface area (Å²) in [6.07, 6.45) is 3.63. The summed E-state index contributed by atoms with van der Waals surface area (Å²) >= 11 is 0. The molecule has 1 aliphatic carbocycles. The van der Waals surface area contributed by atoms with Crippen LogP contribution in [0.5, 0.6) is 0 Å². The number of rotatable bonds is 6. The summed E-state index contributed by atoms with van der Waals surface area (Å²) in [5.74, 6) is 1.01. The number of anilines is 1. The highest BCUT2D eigenvalue weighted by Crippen LogP contribution is 2.24. The molecule has 0 spiro atoms. The fourth-order valence-electron chi connectivity index (χ4n) is 2.39. The van der Waals surface area contributed by atoms with Crippen molar-refractivity contribution in [1.82, 2.24) is 0 Å². The zero-order chi connectivity index (χ0) is 14.4. The molecule has 0 bridgehead atoms. The number of ether oxygens (including phenoxy) is 1. The maximum atomic E-state index is 5.88. The molecule has 0 saturated carbocycles. The first kappa shape index (κ1) is 14.9. The Morgan fingerprint density at radius 3 is 2.95 bits per heavy atom. The summed E-state index contributed by atoms with van der Waals surface area (Å²) in [6, 6.07) is 6.44. The van der Waals surface area contributed by atoms with E-state index in [1.165, 1.54) is 30.4 Å². The first-order valence-corrected chi connectivity index (χ1v) is 7.41. The lowest BCUT2D eigenvalue weighted by atomic mass is 10.1. The minimum absolute atomic E-state index is 0.455. The quantitative estimate of drug-likeness (QED) is 0.476. The molecule has 0 saturated heterocycles. The van der Waals surface area contributed by atoms with Crippen LogP contribution >= 0.6 is 0 Å². The van der Waals surface area contributed by atoms with Gasteiger partial charge in [0.25, 0.3) is 0 Å². The number of nitrogens with zero attached hydrogens (tertiary/aromatic N) is 1. The number of nitrogens with two attached hydrogens (primary N) is 1. The zero-order valence-electron chi connectivity index (χ0n) is 12.5. The van der Waals surface area contributed by atoms with Crippen molar-refractivity contribution in [2.45, 2.75) is 33.1 Å². The van der Waals surface area contributed by atoms with E-state index in [9.17, 15) is 0 Å². The number of fused-ring (bicyclic) bond motifs is 1. The molecule has 0 atom stereocenters. The number of guanidine groups is 1. The fourth-order valence-corrected chi connectivity index (χ4v) is 2.39. The molecule has 0 fully saturated rings. The standard InChI is InChI=1S/C16H25N3O/c1-12(2)11-20-9-8-18-16(17)19-15-7-6-13-4-3-5-14(13)10-15/h6-7,10,12H,3-5,8-9,11H2,1-2H3,(H3,17,18,19).